The first kappa shape index (κ1) is 31.7. The molecule has 12 rings (SSSR count). The molecule has 0 N–H and O–H groups in total. The molecule has 0 aliphatic heterocycles. The molecule has 0 fully saturated rings. The zero-order valence-corrected chi connectivity index (χ0v) is 30.8. The van der Waals surface area contributed by atoms with Crippen LogP contribution in [-0.2, 0) is 0 Å². The van der Waals surface area contributed by atoms with E-state index in [2.05, 4.69) is 176 Å². The van der Waals surface area contributed by atoms with Crippen LogP contribution in [0.15, 0.2) is 199 Å². The zero-order chi connectivity index (χ0) is 37.5. The Morgan fingerprint density at radius 2 is 0.930 bits per heavy atom. The minimum atomic E-state index is 0.855. The summed E-state index contributed by atoms with van der Waals surface area (Å²) < 4.78 is 6.52. The first-order valence-corrected chi connectivity index (χ1v) is 19.4. The fourth-order valence-corrected chi connectivity index (χ4v) is 9.06. The molecule has 10 aromatic carbocycles. The highest BCUT2D eigenvalue weighted by molar-refractivity contribution is 6.23. The van der Waals surface area contributed by atoms with Gasteiger partial charge in [0.25, 0.3) is 0 Å². The van der Waals surface area contributed by atoms with E-state index >= 15 is 0 Å². The van der Waals surface area contributed by atoms with Crippen molar-refractivity contribution in [1.29, 1.82) is 0 Å². The van der Waals surface area contributed by atoms with Gasteiger partial charge in [0.05, 0.1) is 22.9 Å². The lowest BCUT2D eigenvalue weighted by Crippen LogP contribution is -1.93. The molecule has 0 amide bonds. The van der Waals surface area contributed by atoms with Crippen molar-refractivity contribution in [2.45, 2.75) is 0 Å². The third-order valence-corrected chi connectivity index (χ3v) is 11.7. The zero-order valence-electron chi connectivity index (χ0n) is 30.8. The van der Waals surface area contributed by atoms with Gasteiger partial charge in [0.1, 0.15) is 11.2 Å². The molecule has 0 aliphatic rings. The summed E-state index contributed by atoms with van der Waals surface area (Å²) in [4.78, 5) is 10.3. The predicted octanol–water partition coefficient (Wildman–Crippen LogP) is 14.8. The molecule has 0 saturated carbocycles. The Hall–Kier alpha value is -7.62. The molecule has 3 heteroatoms. The second-order valence-corrected chi connectivity index (χ2v) is 14.9. The van der Waals surface area contributed by atoms with Crippen LogP contribution in [0.2, 0.25) is 0 Å². The van der Waals surface area contributed by atoms with Gasteiger partial charge < -0.3 is 4.42 Å². The summed E-state index contributed by atoms with van der Waals surface area (Å²) in [5.74, 6) is 0. The van der Waals surface area contributed by atoms with Gasteiger partial charge in [-0.15, -0.1) is 0 Å². The van der Waals surface area contributed by atoms with E-state index < -0.39 is 0 Å². The summed E-state index contributed by atoms with van der Waals surface area (Å²) in [6.45, 7) is 0. The van der Waals surface area contributed by atoms with Crippen LogP contribution < -0.4 is 0 Å². The van der Waals surface area contributed by atoms with Crippen LogP contribution in [0.1, 0.15) is 0 Å². The molecule has 0 radical (unpaired) electrons. The van der Waals surface area contributed by atoms with Crippen LogP contribution >= 0.6 is 0 Å². The Labute approximate surface area is 328 Å². The third-order valence-electron chi connectivity index (χ3n) is 11.7. The molecule has 2 heterocycles. The highest BCUT2D eigenvalue weighted by Crippen LogP contribution is 2.43. The fraction of sp³-hybridized carbons (Fsp3) is 0. The largest absolute Gasteiger partial charge is 0.455 e. The van der Waals surface area contributed by atoms with E-state index in [0.29, 0.717) is 0 Å². The maximum atomic E-state index is 6.52. The SMILES string of the molecule is c1cc(-c2cnc3c4ccccc4c4ccccc4c3n2)cc(-c2ccc(-c3cc(-c4cccc5c4oc4ccccc45)cc4ccccc34)c3ccccc23)c1. The van der Waals surface area contributed by atoms with Gasteiger partial charge in [-0.05, 0) is 84.4 Å². The number of benzene rings is 10. The van der Waals surface area contributed by atoms with E-state index in [0.717, 1.165) is 71.7 Å². The van der Waals surface area contributed by atoms with Crippen LogP contribution in [0.4, 0.5) is 0 Å². The maximum absolute atomic E-state index is 6.52. The predicted molar refractivity (Wildman–Crippen MR) is 239 cm³/mol. The van der Waals surface area contributed by atoms with Crippen molar-refractivity contribution in [2.24, 2.45) is 0 Å². The first-order chi connectivity index (χ1) is 28.3. The van der Waals surface area contributed by atoms with Crippen LogP contribution in [0.5, 0.6) is 0 Å². The lowest BCUT2D eigenvalue weighted by molar-refractivity contribution is 0.670. The molecule has 0 saturated heterocycles. The molecule has 0 aliphatic carbocycles. The van der Waals surface area contributed by atoms with Gasteiger partial charge >= 0.3 is 0 Å². The molecule has 57 heavy (non-hydrogen) atoms. The lowest BCUT2D eigenvalue weighted by atomic mass is 9.88. The molecule has 3 nitrogen and oxygen atoms in total. The van der Waals surface area contributed by atoms with E-state index in [9.17, 15) is 0 Å². The monoisotopic (exact) mass is 724 g/mol. The molecular weight excluding hydrogens is 693 g/mol. The molecular formula is C54H32N2O. The minimum absolute atomic E-state index is 0.855. The highest BCUT2D eigenvalue weighted by Gasteiger charge is 2.18. The Kier molecular flexibility index (Phi) is 6.93. The van der Waals surface area contributed by atoms with Gasteiger partial charge in [-0.3, -0.25) is 4.98 Å². The Bertz CT molecular complexity index is 3560. The van der Waals surface area contributed by atoms with E-state index in [1.807, 2.05) is 18.3 Å². The molecule has 264 valence electrons. The topological polar surface area (TPSA) is 38.9 Å². The second kappa shape index (κ2) is 12.5. The van der Waals surface area contributed by atoms with Crippen molar-refractivity contribution < 1.29 is 4.42 Å². The number of hydrogen-bond donors (Lipinski definition) is 0. The van der Waals surface area contributed by atoms with Gasteiger partial charge in [0.15, 0.2) is 0 Å². The molecule has 2 aromatic heterocycles. The number of nitrogens with zero attached hydrogens (tertiary/aromatic N) is 2. The van der Waals surface area contributed by atoms with Crippen molar-refractivity contribution in [2.75, 3.05) is 0 Å². The van der Waals surface area contributed by atoms with Gasteiger partial charge in [-0.1, -0.05) is 164 Å². The van der Waals surface area contributed by atoms with Crippen molar-refractivity contribution in [3.05, 3.63) is 194 Å². The van der Waals surface area contributed by atoms with Crippen molar-refractivity contribution in [3.8, 4) is 44.6 Å². The summed E-state index contributed by atoms with van der Waals surface area (Å²) in [5, 5.41) is 11.7. The van der Waals surface area contributed by atoms with Gasteiger partial charge in [-0.2, -0.15) is 0 Å². The average molecular weight is 725 g/mol. The number of para-hydroxylation sites is 2. The maximum Gasteiger partial charge on any atom is 0.143 e. The van der Waals surface area contributed by atoms with Gasteiger partial charge in [-0.25, -0.2) is 4.98 Å². The van der Waals surface area contributed by atoms with Crippen LogP contribution in [-0.4, -0.2) is 9.97 Å². The molecule has 0 atom stereocenters. The first-order valence-electron chi connectivity index (χ1n) is 19.4. The summed E-state index contributed by atoms with van der Waals surface area (Å²) in [6, 6.07) is 67.2. The quantitative estimate of drug-likeness (QED) is 0.170. The molecule has 0 bridgehead atoms. The van der Waals surface area contributed by atoms with Crippen LogP contribution in [0, 0.1) is 0 Å². The number of hydrogen-bond acceptors (Lipinski definition) is 3. The number of rotatable bonds is 4. The second-order valence-electron chi connectivity index (χ2n) is 14.9. The van der Waals surface area contributed by atoms with Gasteiger partial charge in [0, 0.05) is 32.7 Å². The number of aromatic nitrogens is 2. The lowest BCUT2D eigenvalue weighted by Gasteiger charge is -2.16. The van der Waals surface area contributed by atoms with E-state index in [4.69, 9.17) is 14.4 Å². The normalized spacial score (nSPS) is 11.9. The van der Waals surface area contributed by atoms with Crippen LogP contribution in [0.3, 0.4) is 0 Å². The Morgan fingerprint density at radius 3 is 1.74 bits per heavy atom. The molecule has 0 spiro atoms. The summed E-state index contributed by atoms with van der Waals surface area (Å²) in [6.07, 6.45) is 1.92. The van der Waals surface area contributed by atoms with Crippen molar-refractivity contribution in [1.82, 2.24) is 9.97 Å². The smallest absolute Gasteiger partial charge is 0.143 e. The third kappa shape index (κ3) is 4.92. The van der Waals surface area contributed by atoms with Gasteiger partial charge in [0.2, 0.25) is 0 Å². The highest BCUT2D eigenvalue weighted by atomic mass is 16.3. The van der Waals surface area contributed by atoms with Crippen LogP contribution in [0.25, 0.3) is 121 Å². The molecule has 12 aromatic rings. The van der Waals surface area contributed by atoms with Crippen molar-refractivity contribution >= 4 is 76.1 Å². The number of furan rings is 1. The average Bonchev–Trinajstić information content (AvgIpc) is 3.67. The Morgan fingerprint density at radius 1 is 0.333 bits per heavy atom. The van der Waals surface area contributed by atoms with E-state index in [1.165, 1.54) is 49.0 Å². The standard InChI is InChI=1S/C54H32N2O/c1-2-16-37-33(13-1)30-36(39-24-12-25-48-45-21-9-10-26-51(45)57-54(39)48)31-49(37)44-28-27-38(40-17-3-4-18-41(40)44)34-14-11-15-35(29-34)50-32-55-52-46-22-7-5-19-42(46)43-20-6-8-23-47(43)53(52)56-50/h1-32H. The summed E-state index contributed by atoms with van der Waals surface area (Å²) >= 11 is 0. The van der Waals surface area contributed by atoms with Crippen molar-refractivity contribution in [3.63, 3.8) is 0 Å². The molecule has 0 unspecified atom stereocenters. The van der Waals surface area contributed by atoms with E-state index in [1.54, 1.807) is 0 Å². The van der Waals surface area contributed by atoms with E-state index in [-0.39, 0.29) is 0 Å². The summed E-state index contributed by atoms with van der Waals surface area (Å²) in [7, 11) is 0. The minimum Gasteiger partial charge on any atom is -0.455 e. The fourth-order valence-electron chi connectivity index (χ4n) is 9.06. The summed E-state index contributed by atoms with van der Waals surface area (Å²) in [5.41, 5.74) is 12.5. The Balaban J connectivity index is 1.01. The number of fused-ring (bicyclic) bond motifs is 11.